The highest BCUT2D eigenvalue weighted by Crippen LogP contribution is 2.26. The van der Waals surface area contributed by atoms with Crippen molar-refractivity contribution in [3.8, 4) is 5.75 Å². The molecule has 2 amide bonds. The molecule has 0 bridgehead atoms. The fourth-order valence-corrected chi connectivity index (χ4v) is 4.03. The van der Waals surface area contributed by atoms with Crippen LogP contribution in [0, 0.1) is 0 Å². The summed E-state index contributed by atoms with van der Waals surface area (Å²) in [5, 5.41) is 5.13. The summed E-state index contributed by atoms with van der Waals surface area (Å²) in [5.74, 6) is -0.388. The molecule has 0 aromatic heterocycles. The van der Waals surface area contributed by atoms with Crippen LogP contribution in [-0.2, 0) is 14.8 Å². The topological polar surface area (TPSA) is 114 Å². The molecule has 0 aliphatic heterocycles. The molecule has 0 aliphatic rings. The van der Waals surface area contributed by atoms with Crippen LogP contribution in [0.25, 0.3) is 0 Å². The molecule has 10 heteroatoms. The van der Waals surface area contributed by atoms with Crippen molar-refractivity contribution < 1.29 is 22.7 Å². The minimum Gasteiger partial charge on any atom is -0.497 e. The van der Waals surface area contributed by atoms with Crippen LogP contribution >= 0.6 is 11.6 Å². The summed E-state index contributed by atoms with van der Waals surface area (Å²) in [6.07, 6.45) is 0. The van der Waals surface area contributed by atoms with Crippen molar-refractivity contribution in [1.82, 2.24) is 10.6 Å². The number of rotatable bonds is 7. The Bertz CT molecular complexity index is 1030. The molecule has 0 unspecified atom stereocenters. The normalized spacial score (nSPS) is 11.5. The molecule has 0 radical (unpaired) electrons. The van der Waals surface area contributed by atoms with E-state index < -0.39 is 21.5 Å². The van der Waals surface area contributed by atoms with Gasteiger partial charge in [0.15, 0.2) is 0 Å². The van der Waals surface area contributed by atoms with E-state index in [1.807, 2.05) is 20.8 Å². The summed E-state index contributed by atoms with van der Waals surface area (Å²) in [6.45, 7) is 5.21. The highest BCUT2D eigenvalue weighted by atomic mass is 35.5. The summed E-state index contributed by atoms with van der Waals surface area (Å²) < 4.78 is 32.9. The van der Waals surface area contributed by atoms with Gasteiger partial charge in [-0.15, -0.1) is 0 Å². The molecule has 162 valence electrons. The monoisotopic (exact) mass is 453 g/mol. The lowest BCUT2D eigenvalue weighted by Crippen LogP contribution is -2.45. The van der Waals surface area contributed by atoms with E-state index in [0.29, 0.717) is 11.4 Å². The van der Waals surface area contributed by atoms with E-state index in [1.165, 1.54) is 31.4 Å². The molecule has 2 rings (SSSR count). The van der Waals surface area contributed by atoms with Crippen molar-refractivity contribution in [3.63, 3.8) is 0 Å². The number of methoxy groups -OCH3 is 1. The van der Waals surface area contributed by atoms with E-state index in [1.54, 1.807) is 12.1 Å². The average molecular weight is 454 g/mol. The van der Waals surface area contributed by atoms with Crippen LogP contribution in [-0.4, -0.2) is 39.4 Å². The molecule has 0 fully saturated rings. The highest BCUT2D eigenvalue weighted by molar-refractivity contribution is 7.92. The molecule has 0 saturated carbocycles. The number of hydrogen-bond acceptors (Lipinski definition) is 5. The largest absolute Gasteiger partial charge is 0.497 e. The van der Waals surface area contributed by atoms with Crippen molar-refractivity contribution in [2.24, 2.45) is 0 Å². The van der Waals surface area contributed by atoms with Gasteiger partial charge in [0.25, 0.3) is 15.9 Å². The number of ether oxygens (including phenoxy) is 1. The molecule has 0 atom stereocenters. The minimum absolute atomic E-state index is 0.0435. The second-order valence-electron chi connectivity index (χ2n) is 7.46. The third-order valence-corrected chi connectivity index (χ3v) is 5.61. The summed E-state index contributed by atoms with van der Waals surface area (Å²) in [5.41, 5.74) is -0.0742. The van der Waals surface area contributed by atoms with Gasteiger partial charge in [-0.3, -0.25) is 14.3 Å². The molecule has 0 saturated heterocycles. The van der Waals surface area contributed by atoms with Crippen LogP contribution in [0.1, 0.15) is 31.1 Å². The number of amides is 2. The van der Waals surface area contributed by atoms with Crippen molar-refractivity contribution in [3.05, 3.63) is 53.1 Å². The first-order valence-electron chi connectivity index (χ1n) is 8.97. The molecular formula is C20H24ClN3O5S. The quantitative estimate of drug-likeness (QED) is 0.596. The Morgan fingerprint density at radius 2 is 1.70 bits per heavy atom. The number of sulfonamides is 1. The maximum absolute atomic E-state index is 12.8. The second kappa shape index (κ2) is 9.36. The molecule has 2 aromatic rings. The highest BCUT2D eigenvalue weighted by Gasteiger charge is 2.21. The predicted octanol–water partition coefficient (Wildman–Crippen LogP) is 2.79. The lowest BCUT2D eigenvalue weighted by molar-refractivity contribution is -0.121. The van der Waals surface area contributed by atoms with E-state index in [4.69, 9.17) is 16.3 Å². The Hall–Kier alpha value is -2.78. The first-order valence-corrected chi connectivity index (χ1v) is 10.8. The Morgan fingerprint density at radius 1 is 1.07 bits per heavy atom. The zero-order chi connectivity index (χ0) is 22.5. The number of hydrogen-bond donors (Lipinski definition) is 3. The number of benzene rings is 2. The predicted molar refractivity (Wildman–Crippen MR) is 115 cm³/mol. The number of halogens is 1. The Balaban J connectivity index is 2.16. The first-order chi connectivity index (χ1) is 13.9. The standard InChI is InChI=1S/C20H24ClN3O5S/c1-20(2,3)23-18(25)12-22-19(26)13-5-10-16(21)17(11-13)30(27,28)24-14-6-8-15(29-4)9-7-14/h5-11,24H,12H2,1-4H3,(H,22,26)(H,23,25). The van der Waals surface area contributed by atoms with Gasteiger partial charge in [-0.1, -0.05) is 11.6 Å². The third-order valence-electron chi connectivity index (χ3n) is 3.75. The summed E-state index contributed by atoms with van der Waals surface area (Å²) in [4.78, 5) is 24.0. The lowest BCUT2D eigenvalue weighted by Gasteiger charge is -2.20. The number of nitrogens with one attached hydrogen (secondary N) is 3. The van der Waals surface area contributed by atoms with Gasteiger partial charge < -0.3 is 15.4 Å². The van der Waals surface area contributed by atoms with Gasteiger partial charge in [0.2, 0.25) is 5.91 Å². The van der Waals surface area contributed by atoms with Crippen molar-refractivity contribution >= 4 is 39.1 Å². The maximum Gasteiger partial charge on any atom is 0.263 e. The minimum atomic E-state index is -4.06. The summed E-state index contributed by atoms with van der Waals surface area (Å²) >= 11 is 6.06. The Kier molecular flexibility index (Phi) is 7.33. The molecule has 0 heterocycles. The molecule has 3 N–H and O–H groups in total. The van der Waals surface area contributed by atoms with E-state index in [-0.39, 0.29) is 27.9 Å². The first kappa shape index (κ1) is 23.5. The Morgan fingerprint density at radius 3 is 2.27 bits per heavy atom. The Labute approximate surface area is 181 Å². The van der Waals surface area contributed by atoms with Gasteiger partial charge in [-0.25, -0.2) is 8.42 Å². The van der Waals surface area contributed by atoms with Gasteiger partial charge in [0.1, 0.15) is 10.6 Å². The van der Waals surface area contributed by atoms with Crippen LogP contribution in [0.15, 0.2) is 47.4 Å². The van der Waals surface area contributed by atoms with Gasteiger partial charge in [-0.2, -0.15) is 0 Å². The molecule has 30 heavy (non-hydrogen) atoms. The van der Waals surface area contributed by atoms with E-state index in [2.05, 4.69) is 15.4 Å². The van der Waals surface area contributed by atoms with Gasteiger partial charge in [0, 0.05) is 16.8 Å². The number of carbonyl (C=O) groups excluding carboxylic acids is 2. The second-order valence-corrected chi connectivity index (χ2v) is 9.52. The lowest BCUT2D eigenvalue weighted by atomic mass is 10.1. The van der Waals surface area contributed by atoms with Crippen LogP contribution in [0.4, 0.5) is 5.69 Å². The van der Waals surface area contributed by atoms with Gasteiger partial charge in [-0.05, 0) is 63.2 Å². The molecular weight excluding hydrogens is 430 g/mol. The number of carbonyl (C=O) groups is 2. The molecule has 8 nitrogen and oxygen atoms in total. The van der Waals surface area contributed by atoms with Gasteiger partial charge >= 0.3 is 0 Å². The summed E-state index contributed by atoms with van der Waals surface area (Å²) in [6, 6.07) is 10.1. The fourth-order valence-electron chi connectivity index (χ4n) is 2.44. The van der Waals surface area contributed by atoms with Crippen LogP contribution in [0.2, 0.25) is 5.02 Å². The smallest absolute Gasteiger partial charge is 0.263 e. The van der Waals surface area contributed by atoms with E-state index in [0.717, 1.165) is 6.07 Å². The average Bonchev–Trinajstić information content (AvgIpc) is 2.65. The third kappa shape index (κ3) is 6.64. The van der Waals surface area contributed by atoms with Gasteiger partial charge in [0.05, 0.1) is 18.7 Å². The van der Waals surface area contributed by atoms with E-state index >= 15 is 0 Å². The molecule has 0 aliphatic carbocycles. The zero-order valence-electron chi connectivity index (χ0n) is 17.1. The maximum atomic E-state index is 12.8. The van der Waals surface area contributed by atoms with Crippen molar-refractivity contribution in [2.45, 2.75) is 31.2 Å². The van der Waals surface area contributed by atoms with Crippen molar-refractivity contribution in [2.75, 3.05) is 18.4 Å². The summed E-state index contributed by atoms with van der Waals surface area (Å²) in [7, 11) is -2.55. The zero-order valence-corrected chi connectivity index (χ0v) is 18.6. The fraction of sp³-hybridized carbons (Fsp3) is 0.300. The van der Waals surface area contributed by atoms with Crippen LogP contribution < -0.4 is 20.1 Å². The van der Waals surface area contributed by atoms with Crippen LogP contribution in [0.3, 0.4) is 0 Å². The molecule has 0 spiro atoms. The van der Waals surface area contributed by atoms with E-state index in [9.17, 15) is 18.0 Å². The SMILES string of the molecule is COc1ccc(NS(=O)(=O)c2cc(C(=O)NCC(=O)NC(C)(C)C)ccc2Cl)cc1. The van der Waals surface area contributed by atoms with Crippen LogP contribution in [0.5, 0.6) is 5.75 Å². The molecule has 2 aromatic carbocycles. The van der Waals surface area contributed by atoms with Crippen molar-refractivity contribution in [1.29, 1.82) is 0 Å². The number of anilines is 1.